The molecule has 2 heterocycles. The monoisotopic (exact) mass is 221 g/mol. The Balaban J connectivity index is 1.59. The maximum absolute atomic E-state index is 5.63. The SMILES string of the molecule is c1cc2c(o1)CCCC2NCC1CCCO1. The van der Waals surface area contributed by atoms with E-state index in [0.717, 1.165) is 19.6 Å². The lowest BCUT2D eigenvalue weighted by atomic mass is 9.93. The maximum atomic E-state index is 5.63. The minimum atomic E-state index is 0.428. The van der Waals surface area contributed by atoms with E-state index in [1.807, 2.05) is 6.26 Å². The van der Waals surface area contributed by atoms with Crippen molar-refractivity contribution in [2.75, 3.05) is 13.2 Å². The standard InChI is InChI=1S/C13H19NO2/c1-4-12(11-6-8-16-13(11)5-1)14-9-10-3-2-7-15-10/h6,8,10,12,14H,1-5,7,9H2. The van der Waals surface area contributed by atoms with Crippen molar-refractivity contribution >= 4 is 0 Å². The quantitative estimate of drug-likeness (QED) is 0.851. The van der Waals surface area contributed by atoms with Crippen molar-refractivity contribution in [1.82, 2.24) is 5.32 Å². The number of aryl methyl sites for hydroxylation is 1. The summed E-state index contributed by atoms with van der Waals surface area (Å²) in [6.07, 6.45) is 8.21. The summed E-state index contributed by atoms with van der Waals surface area (Å²) in [4.78, 5) is 0. The highest BCUT2D eigenvalue weighted by atomic mass is 16.5. The summed E-state index contributed by atoms with van der Waals surface area (Å²) < 4.78 is 11.1. The van der Waals surface area contributed by atoms with E-state index in [-0.39, 0.29) is 0 Å². The highest BCUT2D eigenvalue weighted by Gasteiger charge is 2.24. The van der Waals surface area contributed by atoms with Gasteiger partial charge >= 0.3 is 0 Å². The van der Waals surface area contributed by atoms with Gasteiger partial charge in [0.1, 0.15) is 5.76 Å². The molecule has 1 aliphatic carbocycles. The molecule has 3 rings (SSSR count). The van der Waals surface area contributed by atoms with Crippen LogP contribution in [0.1, 0.15) is 43.0 Å². The first kappa shape index (κ1) is 10.4. The minimum absolute atomic E-state index is 0.428. The molecule has 2 unspecified atom stereocenters. The van der Waals surface area contributed by atoms with Gasteiger partial charge in [-0.1, -0.05) is 0 Å². The highest BCUT2D eigenvalue weighted by molar-refractivity contribution is 5.24. The fourth-order valence-corrected chi connectivity index (χ4v) is 2.78. The average molecular weight is 221 g/mol. The van der Waals surface area contributed by atoms with E-state index >= 15 is 0 Å². The Kier molecular flexibility index (Phi) is 2.98. The molecule has 1 saturated heterocycles. The zero-order valence-corrected chi connectivity index (χ0v) is 9.58. The molecule has 2 aliphatic rings. The molecule has 0 aromatic carbocycles. The van der Waals surface area contributed by atoms with Crippen LogP contribution in [0.4, 0.5) is 0 Å². The van der Waals surface area contributed by atoms with Crippen molar-refractivity contribution in [3.63, 3.8) is 0 Å². The third-order valence-electron chi connectivity index (χ3n) is 3.67. The van der Waals surface area contributed by atoms with Crippen LogP contribution < -0.4 is 5.32 Å². The van der Waals surface area contributed by atoms with E-state index < -0.39 is 0 Å². The number of nitrogens with one attached hydrogen (secondary N) is 1. The Bertz CT molecular complexity index is 341. The van der Waals surface area contributed by atoms with Gasteiger partial charge in [0, 0.05) is 31.2 Å². The van der Waals surface area contributed by atoms with Gasteiger partial charge in [-0.15, -0.1) is 0 Å². The third-order valence-corrected chi connectivity index (χ3v) is 3.67. The van der Waals surface area contributed by atoms with Crippen LogP contribution in [0, 0.1) is 0 Å². The van der Waals surface area contributed by atoms with Gasteiger partial charge in [-0.3, -0.25) is 0 Å². The number of fused-ring (bicyclic) bond motifs is 1. The lowest BCUT2D eigenvalue weighted by molar-refractivity contribution is 0.106. The lowest BCUT2D eigenvalue weighted by Crippen LogP contribution is -2.31. The van der Waals surface area contributed by atoms with E-state index in [1.165, 1.54) is 37.0 Å². The number of furan rings is 1. The molecule has 16 heavy (non-hydrogen) atoms. The van der Waals surface area contributed by atoms with Crippen molar-refractivity contribution in [3.05, 3.63) is 23.7 Å². The number of hydrogen-bond donors (Lipinski definition) is 1. The number of ether oxygens (including phenoxy) is 1. The van der Waals surface area contributed by atoms with Crippen LogP contribution in [0.2, 0.25) is 0 Å². The Hall–Kier alpha value is -0.800. The molecule has 0 bridgehead atoms. The van der Waals surface area contributed by atoms with Gasteiger partial charge in [0.25, 0.3) is 0 Å². The second-order valence-corrected chi connectivity index (χ2v) is 4.79. The van der Waals surface area contributed by atoms with Gasteiger partial charge in [0.2, 0.25) is 0 Å². The van der Waals surface area contributed by atoms with Crippen LogP contribution in [0.5, 0.6) is 0 Å². The zero-order valence-electron chi connectivity index (χ0n) is 9.58. The lowest BCUT2D eigenvalue weighted by Gasteiger charge is -2.24. The summed E-state index contributed by atoms with van der Waals surface area (Å²) in [5.41, 5.74) is 1.37. The first-order valence-corrected chi connectivity index (χ1v) is 6.35. The molecular formula is C13H19NO2. The van der Waals surface area contributed by atoms with Crippen LogP contribution in [0.25, 0.3) is 0 Å². The van der Waals surface area contributed by atoms with Crippen molar-refractivity contribution < 1.29 is 9.15 Å². The van der Waals surface area contributed by atoms with E-state index in [4.69, 9.17) is 9.15 Å². The van der Waals surface area contributed by atoms with E-state index in [9.17, 15) is 0 Å². The topological polar surface area (TPSA) is 34.4 Å². The van der Waals surface area contributed by atoms with Gasteiger partial charge in [0.15, 0.2) is 0 Å². The molecule has 1 N–H and O–H groups in total. The molecule has 1 aromatic rings. The largest absolute Gasteiger partial charge is 0.469 e. The van der Waals surface area contributed by atoms with Crippen molar-refractivity contribution in [2.24, 2.45) is 0 Å². The van der Waals surface area contributed by atoms with Crippen LogP contribution >= 0.6 is 0 Å². The first-order valence-electron chi connectivity index (χ1n) is 6.35. The molecule has 0 saturated carbocycles. The van der Waals surface area contributed by atoms with Gasteiger partial charge < -0.3 is 14.5 Å². The Morgan fingerprint density at radius 1 is 1.31 bits per heavy atom. The van der Waals surface area contributed by atoms with Gasteiger partial charge in [0.05, 0.1) is 12.4 Å². The number of hydrogen-bond acceptors (Lipinski definition) is 3. The third kappa shape index (κ3) is 2.02. The Morgan fingerprint density at radius 2 is 2.31 bits per heavy atom. The molecule has 3 heteroatoms. The van der Waals surface area contributed by atoms with Crippen LogP contribution in [0.15, 0.2) is 16.7 Å². The van der Waals surface area contributed by atoms with E-state index in [2.05, 4.69) is 11.4 Å². The Morgan fingerprint density at radius 3 is 3.19 bits per heavy atom. The molecule has 1 aliphatic heterocycles. The first-order chi connectivity index (χ1) is 7.93. The van der Waals surface area contributed by atoms with E-state index in [1.54, 1.807) is 0 Å². The molecule has 2 atom stereocenters. The second kappa shape index (κ2) is 4.60. The zero-order chi connectivity index (χ0) is 10.8. The molecule has 3 nitrogen and oxygen atoms in total. The van der Waals surface area contributed by atoms with Crippen molar-refractivity contribution in [2.45, 2.75) is 44.2 Å². The smallest absolute Gasteiger partial charge is 0.108 e. The summed E-state index contributed by atoms with van der Waals surface area (Å²) in [5, 5.41) is 3.62. The van der Waals surface area contributed by atoms with Crippen LogP contribution in [-0.2, 0) is 11.2 Å². The normalized spacial score (nSPS) is 29.2. The van der Waals surface area contributed by atoms with Gasteiger partial charge in [-0.25, -0.2) is 0 Å². The van der Waals surface area contributed by atoms with Crippen molar-refractivity contribution in [3.8, 4) is 0 Å². The summed E-state index contributed by atoms with van der Waals surface area (Å²) in [6, 6.07) is 2.59. The van der Waals surface area contributed by atoms with Crippen LogP contribution in [0.3, 0.4) is 0 Å². The Labute approximate surface area is 96.2 Å². The fourth-order valence-electron chi connectivity index (χ4n) is 2.78. The molecule has 88 valence electrons. The molecule has 1 fully saturated rings. The summed E-state index contributed by atoms with van der Waals surface area (Å²) in [6.45, 7) is 1.92. The molecule has 0 spiro atoms. The summed E-state index contributed by atoms with van der Waals surface area (Å²) >= 11 is 0. The molecule has 0 amide bonds. The summed E-state index contributed by atoms with van der Waals surface area (Å²) in [5.74, 6) is 1.18. The molecule has 0 radical (unpaired) electrons. The predicted molar refractivity (Wildman–Crippen MR) is 61.4 cm³/mol. The van der Waals surface area contributed by atoms with E-state index in [0.29, 0.717) is 12.1 Å². The van der Waals surface area contributed by atoms with Gasteiger partial charge in [-0.05, 0) is 31.7 Å². The summed E-state index contributed by atoms with van der Waals surface area (Å²) in [7, 11) is 0. The maximum Gasteiger partial charge on any atom is 0.108 e. The fraction of sp³-hybridized carbons (Fsp3) is 0.692. The second-order valence-electron chi connectivity index (χ2n) is 4.79. The minimum Gasteiger partial charge on any atom is -0.469 e. The highest BCUT2D eigenvalue weighted by Crippen LogP contribution is 2.30. The molecular weight excluding hydrogens is 202 g/mol. The molecule has 1 aromatic heterocycles. The number of rotatable bonds is 3. The van der Waals surface area contributed by atoms with Crippen molar-refractivity contribution in [1.29, 1.82) is 0 Å². The van der Waals surface area contributed by atoms with Gasteiger partial charge in [-0.2, -0.15) is 0 Å². The predicted octanol–water partition coefficient (Wildman–Crippen LogP) is 2.43. The van der Waals surface area contributed by atoms with Crippen LogP contribution in [-0.4, -0.2) is 19.3 Å². The average Bonchev–Trinajstić information content (AvgIpc) is 2.97.